The fraction of sp³-hybridized carbons (Fsp3) is 0.154. The fourth-order valence-electron chi connectivity index (χ4n) is 1.56. The lowest BCUT2D eigenvalue weighted by molar-refractivity contribution is 0.0955. The number of thiophene rings is 1. The summed E-state index contributed by atoms with van der Waals surface area (Å²) >= 11 is 4.83. The normalized spacial score (nSPS) is 10.1. The first-order valence-corrected chi connectivity index (χ1v) is 7.02. The lowest BCUT2D eigenvalue weighted by Crippen LogP contribution is -2.22. The Morgan fingerprint density at radius 3 is 2.94 bits per heavy atom. The summed E-state index contributed by atoms with van der Waals surface area (Å²) in [6, 6.07) is 9.38. The second kappa shape index (κ2) is 6.02. The van der Waals surface area contributed by atoms with Crippen molar-refractivity contribution in [3.8, 4) is 5.75 Å². The highest BCUT2D eigenvalue weighted by Crippen LogP contribution is 2.22. The van der Waals surface area contributed by atoms with E-state index >= 15 is 0 Å². The van der Waals surface area contributed by atoms with Gasteiger partial charge in [0.1, 0.15) is 5.75 Å². The van der Waals surface area contributed by atoms with E-state index in [0.717, 1.165) is 15.8 Å². The van der Waals surface area contributed by atoms with Crippen LogP contribution in [-0.2, 0) is 6.54 Å². The zero-order valence-corrected chi connectivity index (χ0v) is 12.2. The van der Waals surface area contributed by atoms with Crippen molar-refractivity contribution in [3.63, 3.8) is 0 Å². The summed E-state index contributed by atoms with van der Waals surface area (Å²) in [4.78, 5) is 12.5. The minimum Gasteiger partial charge on any atom is -0.496 e. The maximum absolute atomic E-state index is 11.8. The Morgan fingerprint density at radius 2 is 2.28 bits per heavy atom. The van der Waals surface area contributed by atoms with Crippen molar-refractivity contribution in [1.29, 1.82) is 0 Å². The Bertz CT molecular complexity index is 540. The standard InChI is InChI=1S/C13H12BrNO2S/c1-17-11-5-4-10(14)7-9(11)8-15-13(16)12-3-2-6-18-12/h2-7H,8H2,1H3,(H,15,16). The van der Waals surface area contributed by atoms with E-state index < -0.39 is 0 Å². The van der Waals surface area contributed by atoms with Crippen molar-refractivity contribution in [2.24, 2.45) is 0 Å². The molecule has 5 heteroatoms. The number of hydrogen-bond donors (Lipinski definition) is 1. The topological polar surface area (TPSA) is 38.3 Å². The highest BCUT2D eigenvalue weighted by molar-refractivity contribution is 9.10. The van der Waals surface area contributed by atoms with E-state index in [4.69, 9.17) is 4.74 Å². The van der Waals surface area contributed by atoms with Crippen LogP contribution in [0.3, 0.4) is 0 Å². The van der Waals surface area contributed by atoms with Crippen molar-refractivity contribution in [2.45, 2.75) is 6.54 Å². The van der Waals surface area contributed by atoms with Gasteiger partial charge < -0.3 is 10.1 Å². The molecule has 0 aliphatic rings. The van der Waals surface area contributed by atoms with E-state index in [0.29, 0.717) is 11.4 Å². The summed E-state index contributed by atoms with van der Waals surface area (Å²) in [6.07, 6.45) is 0. The molecule has 0 aliphatic heterocycles. The molecule has 0 aliphatic carbocycles. The summed E-state index contributed by atoms with van der Waals surface area (Å²) in [6.45, 7) is 0.444. The molecular formula is C13H12BrNO2S. The van der Waals surface area contributed by atoms with Gasteiger partial charge in [0.05, 0.1) is 12.0 Å². The van der Waals surface area contributed by atoms with Gasteiger partial charge in [-0.1, -0.05) is 22.0 Å². The van der Waals surface area contributed by atoms with Gasteiger partial charge in [-0.15, -0.1) is 11.3 Å². The van der Waals surface area contributed by atoms with Gasteiger partial charge in [-0.25, -0.2) is 0 Å². The third kappa shape index (κ3) is 3.11. The summed E-state index contributed by atoms with van der Waals surface area (Å²) in [7, 11) is 1.62. The zero-order valence-electron chi connectivity index (χ0n) is 9.77. The number of carbonyl (C=O) groups excluding carboxylic acids is 1. The summed E-state index contributed by atoms with van der Waals surface area (Å²) < 4.78 is 6.22. The molecule has 18 heavy (non-hydrogen) atoms. The molecule has 0 spiro atoms. The van der Waals surface area contributed by atoms with E-state index in [1.165, 1.54) is 11.3 Å². The van der Waals surface area contributed by atoms with E-state index in [-0.39, 0.29) is 5.91 Å². The minimum atomic E-state index is -0.0629. The van der Waals surface area contributed by atoms with Crippen LogP contribution in [0.1, 0.15) is 15.2 Å². The number of ether oxygens (including phenoxy) is 1. The highest BCUT2D eigenvalue weighted by atomic mass is 79.9. The van der Waals surface area contributed by atoms with Crippen LogP contribution in [0.5, 0.6) is 5.75 Å². The van der Waals surface area contributed by atoms with Crippen LogP contribution in [0.2, 0.25) is 0 Å². The molecule has 3 nitrogen and oxygen atoms in total. The first-order valence-electron chi connectivity index (χ1n) is 5.35. The Labute approximate surface area is 118 Å². The zero-order chi connectivity index (χ0) is 13.0. The molecule has 0 saturated carbocycles. The smallest absolute Gasteiger partial charge is 0.261 e. The van der Waals surface area contributed by atoms with Gasteiger partial charge in [0.2, 0.25) is 0 Å². The van der Waals surface area contributed by atoms with E-state index in [1.54, 1.807) is 13.2 Å². The van der Waals surface area contributed by atoms with E-state index in [2.05, 4.69) is 21.2 Å². The summed E-state index contributed by atoms with van der Waals surface area (Å²) in [5.41, 5.74) is 0.941. The van der Waals surface area contributed by atoms with Crippen LogP contribution in [0.25, 0.3) is 0 Å². The molecular weight excluding hydrogens is 314 g/mol. The molecule has 0 fully saturated rings. The van der Waals surface area contributed by atoms with Crippen molar-refractivity contribution in [3.05, 3.63) is 50.6 Å². The van der Waals surface area contributed by atoms with Crippen LogP contribution in [0.15, 0.2) is 40.2 Å². The van der Waals surface area contributed by atoms with E-state index in [9.17, 15) is 4.79 Å². The molecule has 1 heterocycles. The molecule has 1 amide bonds. The Morgan fingerprint density at radius 1 is 1.44 bits per heavy atom. The molecule has 0 saturated heterocycles. The molecule has 0 unspecified atom stereocenters. The van der Waals surface area contributed by atoms with Gasteiger partial charge in [0.25, 0.3) is 5.91 Å². The van der Waals surface area contributed by atoms with Crippen molar-refractivity contribution in [1.82, 2.24) is 5.32 Å². The maximum atomic E-state index is 11.8. The summed E-state index contributed by atoms with van der Waals surface area (Å²) in [5, 5.41) is 4.76. The second-order valence-electron chi connectivity index (χ2n) is 3.62. The minimum absolute atomic E-state index is 0.0629. The average molecular weight is 326 g/mol. The monoisotopic (exact) mass is 325 g/mol. The highest BCUT2D eigenvalue weighted by Gasteiger charge is 2.08. The third-order valence-corrected chi connectivity index (χ3v) is 3.79. The van der Waals surface area contributed by atoms with Crippen LogP contribution < -0.4 is 10.1 Å². The lowest BCUT2D eigenvalue weighted by Gasteiger charge is -2.09. The molecule has 0 radical (unpaired) electrons. The largest absolute Gasteiger partial charge is 0.496 e. The van der Waals surface area contributed by atoms with Gasteiger partial charge in [-0.3, -0.25) is 4.79 Å². The van der Waals surface area contributed by atoms with Gasteiger partial charge in [0.15, 0.2) is 0 Å². The third-order valence-electron chi connectivity index (χ3n) is 2.43. The number of amides is 1. The van der Waals surface area contributed by atoms with Crippen molar-refractivity contribution < 1.29 is 9.53 Å². The van der Waals surface area contributed by atoms with Crippen molar-refractivity contribution in [2.75, 3.05) is 7.11 Å². The van der Waals surface area contributed by atoms with Crippen LogP contribution >= 0.6 is 27.3 Å². The fourth-order valence-corrected chi connectivity index (χ4v) is 2.60. The predicted molar refractivity (Wildman–Crippen MR) is 76.2 cm³/mol. The number of halogens is 1. The summed E-state index contributed by atoms with van der Waals surface area (Å²) in [5.74, 6) is 0.705. The molecule has 0 bridgehead atoms. The van der Waals surface area contributed by atoms with Gasteiger partial charge in [-0.05, 0) is 29.6 Å². The van der Waals surface area contributed by atoms with Gasteiger partial charge >= 0.3 is 0 Å². The van der Waals surface area contributed by atoms with Crippen LogP contribution in [0, 0.1) is 0 Å². The van der Waals surface area contributed by atoms with Crippen LogP contribution in [0.4, 0.5) is 0 Å². The predicted octanol–water partition coefficient (Wildman–Crippen LogP) is 3.45. The first kappa shape index (κ1) is 13.1. The van der Waals surface area contributed by atoms with Gasteiger partial charge in [0, 0.05) is 16.6 Å². The number of hydrogen-bond acceptors (Lipinski definition) is 3. The molecule has 2 aromatic rings. The Kier molecular flexibility index (Phi) is 4.38. The van der Waals surface area contributed by atoms with Crippen molar-refractivity contribution >= 4 is 33.2 Å². The molecule has 2 rings (SSSR count). The molecule has 1 N–H and O–H groups in total. The molecule has 0 atom stereocenters. The molecule has 1 aromatic heterocycles. The lowest BCUT2D eigenvalue weighted by atomic mass is 10.2. The number of carbonyl (C=O) groups is 1. The second-order valence-corrected chi connectivity index (χ2v) is 5.48. The molecule has 1 aromatic carbocycles. The molecule has 94 valence electrons. The SMILES string of the molecule is COc1ccc(Br)cc1CNC(=O)c1cccs1. The van der Waals surface area contributed by atoms with E-state index in [1.807, 2.05) is 29.6 Å². The Hall–Kier alpha value is -1.33. The Balaban J connectivity index is 2.06. The number of rotatable bonds is 4. The number of benzene rings is 1. The van der Waals surface area contributed by atoms with Gasteiger partial charge in [-0.2, -0.15) is 0 Å². The maximum Gasteiger partial charge on any atom is 0.261 e. The first-order chi connectivity index (χ1) is 8.70. The average Bonchev–Trinajstić information content (AvgIpc) is 2.90. The van der Waals surface area contributed by atoms with Crippen LogP contribution in [-0.4, -0.2) is 13.0 Å². The number of methoxy groups -OCH3 is 1. The number of nitrogens with one attached hydrogen (secondary N) is 1. The quantitative estimate of drug-likeness (QED) is 0.935.